The van der Waals surface area contributed by atoms with Crippen LogP contribution in [0.2, 0.25) is 0 Å². The van der Waals surface area contributed by atoms with Gasteiger partial charge in [0.15, 0.2) is 11.2 Å². The van der Waals surface area contributed by atoms with Gasteiger partial charge < -0.3 is 18.6 Å². The number of aryl methyl sites for hydroxylation is 4. The third-order valence-corrected chi connectivity index (χ3v) is 12.8. The van der Waals surface area contributed by atoms with E-state index in [2.05, 4.69) is 209 Å². The van der Waals surface area contributed by atoms with Crippen molar-refractivity contribution in [3.8, 4) is 0 Å². The number of fused-ring (bicyclic) bond motifs is 9. The van der Waals surface area contributed by atoms with Crippen molar-refractivity contribution in [2.45, 2.75) is 41.5 Å². The van der Waals surface area contributed by atoms with Crippen LogP contribution in [0, 0.1) is 41.5 Å². The molecule has 0 fully saturated rings. The van der Waals surface area contributed by atoms with Gasteiger partial charge in [-0.2, -0.15) is 0 Å². The molecular weight excluding hydrogens is 733 g/mol. The highest BCUT2D eigenvalue weighted by Crippen LogP contribution is 2.44. The third-order valence-electron chi connectivity index (χ3n) is 12.8. The third kappa shape index (κ3) is 5.74. The van der Waals surface area contributed by atoms with Crippen LogP contribution in [0.25, 0.3) is 65.4 Å². The van der Waals surface area contributed by atoms with Crippen molar-refractivity contribution >= 4 is 99.5 Å². The van der Waals surface area contributed by atoms with Crippen LogP contribution in [-0.2, 0) is 0 Å². The highest BCUT2D eigenvalue weighted by Gasteiger charge is 2.20. The molecule has 0 atom stereocenters. The maximum Gasteiger partial charge on any atom is 0.178 e. The SMILES string of the molecule is Cc1cc(N(c2ccccc2)c2ccc3cc4c(cc3c2)oc2c4ccc3c4cc5ccc(N(c6ccccc6)c6cc(C)c(C)c(C)c6)cc5cc4oc32)cc(C)c1C. The van der Waals surface area contributed by atoms with Crippen LogP contribution in [0.3, 0.4) is 0 Å². The van der Waals surface area contributed by atoms with Gasteiger partial charge in [-0.3, -0.25) is 0 Å². The second-order valence-electron chi connectivity index (χ2n) is 16.5. The summed E-state index contributed by atoms with van der Waals surface area (Å²) in [6.07, 6.45) is 0. The first kappa shape index (κ1) is 35.8. The van der Waals surface area contributed by atoms with Crippen LogP contribution in [0.5, 0.6) is 0 Å². The van der Waals surface area contributed by atoms with E-state index in [-0.39, 0.29) is 0 Å². The molecular formula is C56H44N2O2. The molecule has 0 radical (unpaired) electrons. The molecule has 9 aromatic carbocycles. The Morgan fingerprint density at radius 3 is 1.07 bits per heavy atom. The average molecular weight is 777 g/mol. The fourth-order valence-corrected chi connectivity index (χ4v) is 9.14. The lowest BCUT2D eigenvalue weighted by atomic mass is 10.0. The quantitative estimate of drug-likeness (QED) is 0.168. The molecule has 0 amide bonds. The second-order valence-corrected chi connectivity index (χ2v) is 16.5. The van der Waals surface area contributed by atoms with Gasteiger partial charge >= 0.3 is 0 Å². The summed E-state index contributed by atoms with van der Waals surface area (Å²) in [6.45, 7) is 13.2. The highest BCUT2D eigenvalue weighted by atomic mass is 16.4. The fourth-order valence-electron chi connectivity index (χ4n) is 9.14. The van der Waals surface area contributed by atoms with Crippen molar-refractivity contribution in [3.05, 3.63) is 191 Å². The normalized spacial score (nSPS) is 11.8. The summed E-state index contributed by atoms with van der Waals surface area (Å²) in [6, 6.07) is 57.1. The van der Waals surface area contributed by atoms with Crippen molar-refractivity contribution in [1.82, 2.24) is 0 Å². The Balaban J connectivity index is 1.03. The molecule has 0 aliphatic carbocycles. The number of rotatable bonds is 6. The maximum absolute atomic E-state index is 6.78. The molecule has 60 heavy (non-hydrogen) atoms. The number of hydrogen-bond acceptors (Lipinski definition) is 4. The Kier molecular flexibility index (Phi) is 8.15. The van der Waals surface area contributed by atoms with Gasteiger partial charge in [-0.15, -0.1) is 0 Å². The van der Waals surface area contributed by atoms with E-state index in [0.29, 0.717) is 0 Å². The van der Waals surface area contributed by atoms with Crippen molar-refractivity contribution in [3.63, 3.8) is 0 Å². The molecule has 2 aromatic heterocycles. The monoisotopic (exact) mass is 776 g/mol. The van der Waals surface area contributed by atoms with Crippen LogP contribution < -0.4 is 9.80 Å². The minimum atomic E-state index is 0.774. The van der Waals surface area contributed by atoms with Crippen LogP contribution in [0.4, 0.5) is 34.1 Å². The minimum Gasteiger partial charge on any atom is -0.452 e. The Hall–Kier alpha value is -7.30. The number of hydrogen-bond donors (Lipinski definition) is 0. The summed E-state index contributed by atoms with van der Waals surface area (Å²) in [4.78, 5) is 4.69. The van der Waals surface area contributed by atoms with E-state index in [1.807, 2.05) is 0 Å². The topological polar surface area (TPSA) is 32.8 Å². The fraction of sp³-hybridized carbons (Fsp3) is 0.107. The Morgan fingerprint density at radius 1 is 0.300 bits per heavy atom. The van der Waals surface area contributed by atoms with Gasteiger partial charge in [0.25, 0.3) is 0 Å². The zero-order valence-corrected chi connectivity index (χ0v) is 34.7. The minimum absolute atomic E-state index is 0.774. The number of benzene rings is 9. The molecule has 0 saturated heterocycles. The Bertz CT molecular complexity index is 3220. The van der Waals surface area contributed by atoms with Gasteiger partial charge in [-0.1, -0.05) is 48.5 Å². The van der Waals surface area contributed by atoms with Gasteiger partial charge in [0.2, 0.25) is 0 Å². The molecule has 0 bridgehead atoms. The Morgan fingerprint density at radius 2 is 0.683 bits per heavy atom. The second kappa shape index (κ2) is 13.6. The van der Waals surface area contributed by atoms with E-state index in [9.17, 15) is 0 Å². The molecule has 0 aliphatic heterocycles. The number of anilines is 6. The standard InChI is InChI=1S/C56H44N2O2/c1-33-23-47(24-34(2)37(33)5)57(43-13-9-7-10-14-43)45-19-17-39-29-51-49-21-22-50-52-30-40-18-20-46(58(44-15-11-8-12-16-44)48-25-35(3)38(6)36(4)26-48)28-42(40)32-54(52)60-56(50)55(49)59-53(51)31-41(39)27-45/h7-32H,1-6H3. The summed E-state index contributed by atoms with van der Waals surface area (Å²) in [5.74, 6) is 0. The molecule has 0 saturated carbocycles. The molecule has 0 unspecified atom stereocenters. The average Bonchev–Trinajstić information content (AvgIpc) is 3.81. The van der Waals surface area contributed by atoms with E-state index in [1.54, 1.807) is 0 Å². The van der Waals surface area contributed by atoms with E-state index < -0.39 is 0 Å². The van der Waals surface area contributed by atoms with Gasteiger partial charge in [0, 0.05) is 55.7 Å². The summed E-state index contributed by atoms with van der Waals surface area (Å²) < 4.78 is 13.6. The number of para-hydroxylation sites is 2. The van der Waals surface area contributed by atoms with E-state index in [1.165, 1.54) is 33.4 Å². The molecule has 0 spiro atoms. The molecule has 4 heteroatoms. The van der Waals surface area contributed by atoms with Crippen molar-refractivity contribution in [2.24, 2.45) is 0 Å². The van der Waals surface area contributed by atoms with Gasteiger partial charge in [-0.05, 0) is 206 Å². The molecule has 0 N–H and O–H groups in total. The highest BCUT2D eigenvalue weighted by molar-refractivity contribution is 6.21. The van der Waals surface area contributed by atoms with Crippen molar-refractivity contribution in [1.29, 1.82) is 0 Å². The molecule has 11 rings (SSSR count). The van der Waals surface area contributed by atoms with Crippen LogP contribution in [0.1, 0.15) is 33.4 Å². The summed E-state index contributed by atoms with van der Waals surface area (Å²) in [5.41, 5.74) is 17.7. The lowest BCUT2D eigenvalue weighted by Gasteiger charge is -2.27. The first-order chi connectivity index (χ1) is 29.2. The molecule has 0 aliphatic rings. The smallest absolute Gasteiger partial charge is 0.178 e. The molecule has 2 heterocycles. The Labute approximate surface area is 349 Å². The van der Waals surface area contributed by atoms with E-state index >= 15 is 0 Å². The zero-order valence-electron chi connectivity index (χ0n) is 34.7. The van der Waals surface area contributed by atoms with Crippen LogP contribution >= 0.6 is 0 Å². The van der Waals surface area contributed by atoms with Gasteiger partial charge in [-0.25, -0.2) is 0 Å². The van der Waals surface area contributed by atoms with E-state index in [4.69, 9.17) is 8.83 Å². The van der Waals surface area contributed by atoms with Crippen LogP contribution in [-0.4, -0.2) is 0 Å². The first-order valence-corrected chi connectivity index (χ1v) is 20.7. The predicted molar refractivity (Wildman–Crippen MR) is 254 cm³/mol. The van der Waals surface area contributed by atoms with Crippen molar-refractivity contribution < 1.29 is 8.83 Å². The van der Waals surface area contributed by atoms with E-state index in [0.717, 1.165) is 99.5 Å². The van der Waals surface area contributed by atoms with Gasteiger partial charge in [0.05, 0.1) is 0 Å². The number of furan rings is 2. The first-order valence-electron chi connectivity index (χ1n) is 20.7. The summed E-state index contributed by atoms with van der Waals surface area (Å²) in [7, 11) is 0. The summed E-state index contributed by atoms with van der Waals surface area (Å²) >= 11 is 0. The van der Waals surface area contributed by atoms with Crippen LogP contribution in [0.15, 0.2) is 167 Å². The largest absolute Gasteiger partial charge is 0.452 e. The molecule has 4 nitrogen and oxygen atoms in total. The van der Waals surface area contributed by atoms with Crippen molar-refractivity contribution in [2.75, 3.05) is 9.80 Å². The number of nitrogens with zero attached hydrogens (tertiary/aromatic N) is 2. The molecule has 11 aromatic rings. The maximum atomic E-state index is 6.78. The summed E-state index contributed by atoms with van der Waals surface area (Å²) in [5, 5.41) is 8.80. The predicted octanol–water partition coefficient (Wildman–Crippen LogP) is 16.6. The molecule has 290 valence electrons. The lowest BCUT2D eigenvalue weighted by molar-refractivity contribution is 0.634. The van der Waals surface area contributed by atoms with Gasteiger partial charge in [0.1, 0.15) is 11.2 Å². The lowest BCUT2D eigenvalue weighted by Crippen LogP contribution is -2.10. The zero-order chi connectivity index (χ0) is 40.8.